The van der Waals surface area contributed by atoms with Crippen molar-refractivity contribution in [3.63, 3.8) is 0 Å². The van der Waals surface area contributed by atoms with Gasteiger partial charge in [-0.1, -0.05) is 13.8 Å². The molecule has 1 N–H and O–H groups in total. The zero-order valence-corrected chi connectivity index (χ0v) is 23.9. The molecule has 1 aliphatic carbocycles. The smallest absolute Gasteiger partial charge is 0.295 e. The maximum atomic E-state index is 13.8. The molecular weight excluding hydrogens is 532 g/mol. The number of pyridine rings is 1. The highest BCUT2D eigenvalue weighted by molar-refractivity contribution is 7.91. The summed E-state index contributed by atoms with van der Waals surface area (Å²) in [7, 11) is -1.81. The van der Waals surface area contributed by atoms with Gasteiger partial charge >= 0.3 is 0 Å². The summed E-state index contributed by atoms with van der Waals surface area (Å²) in [6.07, 6.45) is 7.16. The molecule has 0 radical (unpaired) electrons. The number of hydrogen-bond acceptors (Lipinski definition) is 11. The molecular formula is C27H32N8O4S. The molecule has 0 aromatic carbocycles. The third-order valence-electron chi connectivity index (χ3n) is 7.18. The van der Waals surface area contributed by atoms with Crippen molar-refractivity contribution in [3.8, 4) is 17.3 Å². The third kappa shape index (κ3) is 5.12. The largest absolute Gasteiger partial charge is 0.480 e. The van der Waals surface area contributed by atoms with E-state index in [9.17, 15) is 13.2 Å². The SMILES string of the molecule is CC[C@@H](C)n1c(=O)c(NC(C)c2ccc(S(=O)(=O)CC)cn2)nc2cnc(-c3c(OC)ncnc3C3CC3)nc21. The molecule has 2 atom stereocenters. The van der Waals surface area contributed by atoms with Crippen molar-refractivity contribution in [2.75, 3.05) is 18.2 Å². The minimum Gasteiger partial charge on any atom is -0.480 e. The molecule has 4 aromatic heterocycles. The Morgan fingerprint density at radius 2 is 1.85 bits per heavy atom. The van der Waals surface area contributed by atoms with Gasteiger partial charge < -0.3 is 10.1 Å². The molecule has 40 heavy (non-hydrogen) atoms. The van der Waals surface area contributed by atoms with Gasteiger partial charge in [-0.2, -0.15) is 0 Å². The van der Waals surface area contributed by atoms with Crippen molar-refractivity contribution < 1.29 is 13.2 Å². The van der Waals surface area contributed by atoms with E-state index in [2.05, 4.69) is 30.2 Å². The van der Waals surface area contributed by atoms with E-state index in [1.54, 1.807) is 30.9 Å². The van der Waals surface area contributed by atoms with Gasteiger partial charge in [-0.15, -0.1) is 0 Å². The molecule has 1 fully saturated rings. The first-order valence-corrected chi connectivity index (χ1v) is 15.0. The van der Waals surface area contributed by atoms with Crippen LogP contribution in [0.3, 0.4) is 0 Å². The lowest BCUT2D eigenvalue weighted by molar-refractivity contribution is 0.397. The molecule has 0 bridgehead atoms. The lowest BCUT2D eigenvalue weighted by atomic mass is 10.1. The predicted molar refractivity (Wildman–Crippen MR) is 150 cm³/mol. The molecule has 1 saturated carbocycles. The van der Waals surface area contributed by atoms with Crippen LogP contribution in [0.25, 0.3) is 22.6 Å². The fourth-order valence-corrected chi connectivity index (χ4v) is 5.32. The molecule has 0 aliphatic heterocycles. The van der Waals surface area contributed by atoms with Gasteiger partial charge in [0.15, 0.2) is 27.1 Å². The van der Waals surface area contributed by atoms with Crippen LogP contribution in [-0.2, 0) is 9.84 Å². The van der Waals surface area contributed by atoms with Crippen molar-refractivity contribution in [2.24, 2.45) is 0 Å². The first-order valence-electron chi connectivity index (χ1n) is 13.3. The number of ether oxygens (including phenoxy) is 1. The molecule has 1 aliphatic rings. The second-order valence-corrected chi connectivity index (χ2v) is 12.2. The first kappa shape index (κ1) is 27.6. The second-order valence-electron chi connectivity index (χ2n) is 9.90. The summed E-state index contributed by atoms with van der Waals surface area (Å²) in [6, 6.07) is 2.56. The van der Waals surface area contributed by atoms with E-state index in [1.165, 1.54) is 18.6 Å². The number of nitrogens with zero attached hydrogens (tertiary/aromatic N) is 7. The Morgan fingerprint density at radius 1 is 1.07 bits per heavy atom. The van der Waals surface area contributed by atoms with Crippen LogP contribution < -0.4 is 15.6 Å². The van der Waals surface area contributed by atoms with E-state index in [0.717, 1.165) is 18.5 Å². The number of fused-ring (bicyclic) bond motifs is 1. The lowest BCUT2D eigenvalue weighted by Gasteiger charge is -2.20. The van der Waals surface area contributed by atoms with E-state index >= 15 is 0 Å². The van der Waals surface area contributed by atoms with E-state index in [1.807, 2.05) is 20.8 Å². The summed E-state index contributed by atoms with van der Waals surface area (Å²) in [4.78, 5) is 41.0. The van der Waals surface area contributed by atoms with Crippen LogP contribution in [-0.4, -0.2) is 55.8 Å². The van der Waals surface area contributed by atoms with Crippen LogP contribution in [0.2, 0.25) is 0 Å². The van der Waals surface area contributed by atoms with E-state index < -0.39 is 15.9 Å². The van der Waals surface area contributed by atoms with Gasteiger partial charge in [0, 0.05) is 18.2 Å². The zero-order valence-electron chi connectivity index (χ0n) is 23.1. The molecule has 210 valence electrons. The fourth-order valence-electron chi connectivity index (χ4n) is 4.50. The minimum atomic E-state index is -3.36. The fraction of sp³-hybridized carbons (Fsp3) is 0.444. The molecule has 0 amide bonds. The maximum Gasteiger partial charge on any atom is 0.295 e. The molecule has 12 nitrogen and oxygen atoms in total. The Labute approximate surface area is 232 Å². The quantitative estimate of drug-likeness (QED) is 0.298. The highest BCUT2D eigenvalue weighted by Crippen LogP contribution is 2.44. The van der Waals surface area contributed by atoms with E-state index in [-0.39, 0.29) is 28.1 Å². The normalized spacial score (nSPS) is 15.1. The second kappa shape index (κ2) is 10.9. The molecule has 1 unspecified atom stereocenters. The van der Waals surface area contributed by atoms with Gasteiger partial charge in [0.1, 0.15) is 17.4 Å². The monoisotopic (exact) mass is 564 g/mol. The Bertz CT molecular complexity index is 1720. The number of sulfone groups is 1. The van der Waals surface area contributed by atoms with Crippen molar-refractivity contribution in [3.05, 3.63) is 52.6 Å². The third-order valence-corrected chi connectivity index (χ3v) is 8.90. The van der Waals surface area contributed by atoms with Gasteiger partial charge in [-0.3, -0.25) is 14.3 Å². The van der Waals surface area contributed by atoms with Gasteiger partial charge in [0.2, 0.25) is 5.88 Å². The highest BCUT2D eigenvalue weighted by atomic mass is 32.2. The summed E-state index contributed by atoms with van der Waals surface area (Å²) >= 11 is 0. The van der Waals surface area contributed by atoms with E-state index in [4.69, 9.17) is 9.72 Å². The minimum absolute atomic E-state index is 0.00620. The van der Waals surface area contributed by atoms with Gasteiger partial charge in [0.05, 0.1) is 41.4 Å². The number of rotatable bonds is 10. The zero-order chi connectivity index (χ0) is 28.6. The van der Waals surface area contributed by atoms with Crippen LogP contribution in [0, 0.1) is 0 Å². The Balaban J connectivity index is 1.57. The standard InChI is InChI=1S/C27H32N8O4S/c1-6-15(3)35-25-20(13-29-23(34-25)21-22(17-8-9-17)30-14-31-26(21)39-5)33-24(27(35)36)32-16(4)19-11-10-18(12-28-19)40(37,38)7-2/h10-17H,6-9H2,1-5H3,(H,32,33)/t15-,16?/m1/s1. The Kier molecular flexibility index (Phi) is 7.49. The van der Waals surface area contributed by atoms with Gasteiger partial charge in [-0.25, -0.2) is 33.3 Å². The number of aromatic nitrogens is 7. The number of hydrogen-bond donors (Lipinski definition) is 1. The molecule has 0 spiro atoms. The summed E-state index contributed by atoms with van der Waals surface area (Å²) < 4.78 is 31.4. The Morgan fingerprint density at radius 3 is 2.48 bits per heavy atom. The Hall–Kier alpha value is -4.00. The van der Waals surface area contributed by atoms with Gasteiger partial charge in [-0.05, 0) is 45.2 Å². The number of methoxy groups -OCH3 is 1. The highest BCUT2D eigenvalue weighted by Gasteiger charge is 2.31. The van der Waals surface area contributed by atoms with Crippen molar-refractivity contribution in [2.45, 2.75) is 69.9 Å². The van der Waals surface area contributed by atoms with Crippen molar-refractivity contribution in [1.29, 1.82) is 0 Å². The molecule has 5 rings (SSSR count). The van der Waals surface area contributed by atoms with Crippen LogP contribution in [0.1, 0.15) is 76.3 Å². The molecule has 4 aromatic rings. The van der Waals surface area contributed by atoms with Crippen molar-refractivity contribution >= 4 is 26.8 Å². The average molecular weight is 565 g/mol. The summed E-state index contributed by atoms with van der Waals surface area (Å²) in [5.74, 6) is 1.19. The number of anilines is 1. The van der Waals surface area contributed by atoms with Crippen LogP contribution in [0.15, 0.2) is 40.5 Å². The summed E-state index contributed by atoms with van der Waals surface area (Å²) in [5.41, 5.74) is 2.56. The van der Waals surface area contributed by atoms with Crippen LogP contribution in [0.4, 0.5) is 5.82 Å². The van der Waals surface area contributed by atoms with E-state index in [0.29, 0.717) is 46.5 Å². The first-order chi connectivity index (χ1) is 19.2. The molecule has 0 saturated heterocycles. The predicted octanol–water partition coefficient (Wildman–Crippen LogP) is 3.86. The summed E-state index contributed by atoms with van der Waals surface area (Å²) in [5, 5.41) is 3.16. The van der Waals surface area contributed by atoms with Crippen molar-refractivity contribution in [1.82, 2.24) is 34.5 Å². The molecule has 4 heterocycles. The molecule has 13 heteroatoms. The number of nitrogens with one attached hydrogen (secondary N) is 1. The van der Waals surface area contributed by atoms with Gasteiger partial charge in [0.25, 0.3) is 5.56 Å². The van der Waals surface area contributed by atoms with Crippen LogP contribution >= 0.6 is 0 Å². The summed E-state index contributed by atoms with van der Waals surface area (Å²) in [6.45, 7) is 7.36. The average Bonchev–Trinajstić information content (AvgIpc) is 3.82. The lowest BCUT2D eigenvalue weighted by Crippen LogP contribution is -2.29. The maximum absolute atomic E-state index is 13.8. The van der Waals surface area contributed by atoms with Crippen LogP contribution in [0.5, 0.6) is 5.88 Å². The topological polar surface area (TPSA) is 155 Å².